The number of hydrogen-bond donors (Lipinski definition) is 5. The van der Waals surface area contributed by atoms with E-state index in [-0.39, 0.29) is 34.7 Å². The van der Waals surface area contributed by atoms with Crippen LogP contribution in [0.4, 0.5) is 15.9 Å². The van der Waals surface area contributed by atoms with Crippen LogP contribution in [0.2, 0.25) is 5.28 Å². The first-order chi connectivity index (χ1) is 18.7. The van der Waals surface area contributed by atoms with Crippen molar-refractivity contribution in [3.8, 4) is 0 Å². The largest absolute Gasteiger partial charge is 0.387 e. The minimum atomic E-state index is -2.34. The van der Waals surface area contributed by atoms with Crippen molar-refractivity contribution < 1.29 is 38.5 Å². The maximum Gasteiger partial charge on any atom is 0.226 e. The van der Waals surface area contributed by atoms with Crippen molar-refractivity contribution in [3.63, 3.8) is 0 Å². The van der Waals surface area contributed by atoms with Crippen molar-refractivity contribution in [1.82, 2.24) is 19.5 Å². The van der Waals surface area contributed by atoms with Crippen molar-refractivity contribution in [2.45, 2.75) is 55.6 Å². The number of aliphatic hydroxyl groups excluding tert-OH is 2. The lowest BCUT2D eigenvalue weighted by molar-refractivity contribution is -0.0471. The zero-order chi connectivity index (χ0) is 27.5. The highest BCUT2D eigenvalue weighted by atomic mass is 35.5. The molecule has 0 bridgehead atoms. The smallest absolute Gasteiger partial charge is 0.226 e. The van der Waals surface area contributed by atoms with E-state index in [9.17, 15) is 15.1 Å². The van der Waals surface area contributed by atoms with E-state index in [1.165, 1.54) is 17.0 Å². The highest BCUT2D eigenvalue weighted by Crippen LogP contribution is 2.53. The monoisotopic (exact) mass is 601 g/mol. The van der Waals surface area contributed by atoms with Gasteiger partial charge in [0.15, 0.2) is 40.0 Å². The Labute approximate surface area is 229 Å². The van der Waals surface area contributed by atoms with Crippen LogP contribution in [0.3, 0.4) is 0 Å². The minimum absolute atomic E-state index is 0.104. The molecule has 2 fully saturated rings. The molecule has 16 heteroatoms. The van der Waals surface area contributed by atoms with Crippen LogP contribution in [0.25, 0.3) is 11.2 Å². The third-order valence-electron chi connectivity index (χ3n) is 7.73. The van der Waals surface area contributed by atoms with Crippen molar-refractivity contribution in [2.75, 3.05) is 24.0 Å². The van der Waals surface area contributed by atoms with Gasteiger partial charge in [0.1, 0.15) is 24.1 Å². The summed E-state index contributed by atoms with van der Waals surface area (Å²) in [7, 11) is -4.48. The molecule has 1 saturated carbocycles. The minimum Gasteiger partial charge on any atom is -0.387 e. The zero-order valence-corrected chi connectivity index (χ0v) is 23.1. The van der Waals surface area contributed by atoms with Gasteiger partial charge in [0.05, 0.1) is 24.5 Å². The Hall–Kier alpha value is -1.63. The second-order valence-electron chi connectivity index (χ2n) is 10.1. The molecule has 12 nitrogen and oxygen atoms in total. The van der Waals surface area contributed by atoms with E-state index in [1.54, 1.807) is 11.0 Å². The van der Waals surface area contributed by atoms with Gasteiger partial charge in [-0.1, -0.05) is 25.0 Å². The first-order valence-electron chi connectivity index (χ1n) is 12.4. The SMILES string of the molecule is OC1C(COP(O)CP(O)O)OC(n2cnc3c(N4CC5(CCCC5)c5cccc(F)c54)nc(Cl)nc32)C1O. The molecule has 1 saturated heterocycles. The molecule has 2 aromatic heterocycles. The predicted molar refractivity (Wildman–Crippen MR) is 141 cm³/mol. The third kappa shape index (κ3) is 4.82. The molecule has 6 rings (SSSR count). The number of imidazole rings is 1. The Bertz CT molecular complexity index is 1380. The molecule has 5 atom stereocenters. The highest BCUT2D eigenvalue weighted by molar-refractivity contribution is 7.63. The number of aromatic nitrogens is 4. The first-order valence-corrected chi connectivity index (χ1v) is 15.6. The van der Waals surface area contributed by atoms with Gasteiger partial charge >= 0.3 is 0 Å². The third-order valence-corrected chi connectivity index (χ3v) is 10.3. The Morgan fingerprint density at radius 1 is 1.15 bits per heavy atom. The molecular weight excluding hydrogens is 575 g/mol. The summed E-state index contributed by atoms with van der Waals surface area (Å²) in [6, 6.07) is 5.12. The summed E-state index contributed by atoms with van der Waals surface area (Å²) in [5.41, 5.74) is 1.76. The van der Waals surface area contributed by atoms with E-state index in [0.29, 0.717) is 23.6 Å². The molecule has 1 aliphatic carbocycles. The summed E-state index contributed by atoms with van der Waals surface area (Å²) in [6.07, 6.45) is 0.445. The molecule has 39 heavy (non-hydrogen) atoms. The number of fused-ring (bicyclic) bond motifs is 3. The van der Waals surface area contributed by atoms with E-state index < -0.39 is 41.3 Å². The Morgan fingerprint density at radius 2 is 1.92 bits per heavy atom. The van der Waals surface area contributed by atoms with Crippen molar-refractivity contribution in [2.24, 2.45) is 0 Å². The molecule has 3 aromatic rings. The first kappa shape index (κ1) is 27.5. The van der Waals surface area contributed by atoms with Gasteiger partial charge in [-0.2, -0.15) is 9.97 Å². The molecule has 210 valence electrons. The Balaban J connectivity index is 1.33. The summed E-state index contributed by atoms with van der Waals surface area (Å²) in [6.45, 7) is 0.229. The molecule has 1 aromatic carbocycles. The summed E-state index contributed by atoms with van der Waals surface area (Å²) in [5.74, 6) is -0.356. The molecule has 5 unspecified atom stereocenters. The van der Waals surface area contributed by atoms with Crippen LogP contribution < -0.4 is 4.90 Å². The second-order valence-corrected chi connectivity index (χ2v) is 13.2. The molecular formula is C23H27ClFN5O7P2. The molecule has 0 amide bonds. The van der Waals surface area contributed by atoms with Crippen molar-refractivity contribution in [3.05, 3.63) is 41.2 Å². The Morgan fingerprint density at radius 3 is 2.67 bits per heavy atom. The Kier molecular flexibility index (Phi) is 7.52. The summed E-state index contributed by atoms with van der Waals surface area (Å²) in [4.78, 5) is 42.9. The topological polar surface area (TPSA) is 166 Å². The highest BCUT2D eigenvalue weighted by Gasteiger charge is 2.48. The van der Waals surface area contributed by atoms with Crippen LogP contribution in [0.5, 0.6) is 0 Å². The van der Waals surface area contributed by atoms with Gasteiger partial charge in [0, 0.05) is 12.0 Å². The lowest BCUT2D eigenvalue weighted by Gasteiger charge is -2.25. The number of benzene rings is 1. The molecule has 3 aliphatic rings. The van der Waals surface area contributed by atoms with E-state index in [1.807, 2.05) is 6.07 Å². The fourth-order valence-corrected chi connectivity index (χ4v) is 7.67. The van der Waals surface area contributed by atoms with Crippen LogP contribution in [0.15, 0.2) is 24.5 Å². The summed E-state index contributed by atoms with van der Waals surface area (Å²) >= 11 is 6.35. The average Bonchev–Trinajstić information content (AvgIpc) is 3.66. The number of halogens is 2. The fourth-order valence-electron chi connectivity index (χ4n) is 6.00. The van der Waals surface area contributed by atoms with Crippen LogP contribution in [-0.4, -0.2) is 81.8 Å². The molecule has 1 spiro atoms. The summed E-state index contributed by atoms with van der Waals surface area (Å²) < 4.78 is 27.8. The van der Waals surface area contributed by atoms with E-state index in [4.69, 9.17) is 30.6 Å². The van der Waals surface area contributed by atoms with Crippen LogP contribution in [0, 0.1) is 5.82 Å². The number of ether oxygens (including phenoxy) is 1. The predicted octanol–water partition coefficient (Wildman–Crippen LogP) is 2.78. The van der Waals surface area contributed by atoms with Gasteiger partial charge in [-0.05, 0) is 36.1 Å². The van der Waals surface area contributed by atoms with E-state index in [2.05, 4.69) is 15.0 Å². The van der Waals surface area contributed by atoms with Crippen LogP contribution in [0.1, 0.15) is 37.5 Å². The second kappa shape index (κ2) is 10.6. The average molecular weight is 602 g/mol. The van der Waals surface area contributed by atoms with Crippen LogP contribution >= 0.6 is 28.4 Å². The van der Waals surface area contributed by atoms with E-state index in [0.717, 1.165) is 31.2 Å². The van der Waals surface area contributed by atoms with Crippen molar-refractivity contribution in [1.29, 1.82) is 0 Å². The molecule has 4 heterocycles. The fraction of sp³-hybridized carbons (Fsp3) is 0.522. The van der Waals surface area contributed by atoms with Gasteiger partial charge in [-0.15, -0.1) is 0 Å². The number of nitrogens with zero attached hydrogens (tertiary/aromatic N) is 5. The standard InChI is InChI=1S/C23H27ClFN5O7P2/c24-22-27-19(29-9-23(6-1-2-7-23)12-4-3-5-13(25)16(12)29)15-20(28-22)30(10-26-15)21-18(32)17(31)14(37-21)8-36-39(35)11-38(33)34/h3-5,10,14,17-18,21,31-35H,1-2,6-9,11H2. The zero-order valence-electron chi connectivity index (χ0n) is 20.5. The molecule has 2 aliphatic heterocycles. The van der Waals surface area contributed by atoms with Crippen molar-refractivity contribution >= 4 is 51.0 Å². The van der Waals surface area contributed by atoms with Gasteiger partial charge in [0.25, 0.3) is 0 Å². The number of para-hydroxylation sites is 1. The van der Waals surface area contributed by atoms with Gasteiger partial charge < -0.3 is 39.1 Å². The van der Waals surface area contributed by atoms with Crippen LogP contribution in [-0.2, 0) is 14.7 Å². The molecule has 0 radical (unpaired) electrons. The lowest BCUT2D eigenvalue weighted by atomic mass is 9.81. The van der Waals surface area contributed by atoms with E-state index >= 15 is 4.39 Å². The number of rotatable bonds is 7. The quantitative estimate of drug-likeness (QED) is 0.200. The number of hydrogen-bond acceptors (Lipinski definition) is 11. The van der Waals surface area contributed by atoms with Gasteiger partial charge in [-0.3, -0.25) is 4.57 Å². The van der Waals surface area contributed by atoms with Gasteiger partial charge in [-0.25, -0.2) is 9.37 Å². The normalized spacial score (nSPS) is 26.8. The number of anilines is 2. The van der Waals surface area contributed by atoms with Gasteiger partial charge in [0.2, 0.25) is 5.28 Å². The maximum atomic E-state index is 15.3. The number of aliphatic hydroxyl groups is 2. The molecule has 5 N–H and O–H groups in total. The maximum absolute atomic E-state index is 15.3. The lowest BCUT2D eigenvalue weighted by Crippen LogP contribution is -2.33. The summed E-state index contributed by atoms with van der Waals surface area (Å²) in [5, 5.41) is 21.2.